The van der Waals surface area contributed by atoms with Gasteiger partial charge in [0.25, 0.3) is 0 Å². The third-order valence-corrected chi connectivity index (χ3v) is 3.38. The molecule has 0 radical (unpaired) electrons. The number of rotatable bonds is 2. The van der Waals surface area contributed by atoms with E-state index < -0.39 is 0 Å². The van der Waals surface area contributed by atoms with Crippen molar-refractivity contribution in [2.24, 2.45) is 7.05 Å². The first kappa shape index (κ1) is 12.3. The summed E-state index contributed by atoms with van der Waals surface area (Å²) >= 11 is 9.20. The number of methoxy groups -OCH3 is 1. The molecule has 0 unspecified atom stereocenters. The maximum Gasteiger partial charge on any atom is 0.222 e. The van der Waals surface area contributed by atoms with Gasteiger partial charge < -0.3 is 4.74 Å². The highest BCUT2D eigenvalue weighted by molar-refractivity contribution is 9.10. The van der Waals surface area contributed by atoms with E-state index in [4.69, 9.17) is 16.3 Å². The van der Waals surface area contributed by atoms with Crippen LogP contribution in [0.1, 0.15) is 5.69 Å². The van der Waals surface area contributed by atoms with Crippen LogP contribution in [0.4, 0.5) is 0 Å². The number of aryl methyl sites for hydroxylation is 2. The minimum atomic E-state index is 0.361. The second-order valence-electron chi connectivity index (χ2n) is 3.43. The summed E-state index contributed by atoms with van der Waals surface area (Å²) in [7, 11) is 3.39. The van der Waals surface area contributed by atoms with Crippen LogP contribution < -0.4 is 4.74 Å². The van der Waals surface area contributed by atoms with Crippen LogP contribution >= 0.6 is 27.5 Å². The summed E-state index contributed by atoms with van der Waals surface area (Å²) in [6.45, 7) is 1.87. The lowest BCUT2D eigenvalue weighted by Gasteiger charge is -2.04. The SMILES string of the molecule is COc1c(-c2ncc(Br)c(Cl)n2)c(C)nn1C. The summed E-state index contributed by atoms with van der Waals surface area (Å²) in [5.41, 5.74) is 1.55. The van der Waals surface area contributed by atoms with Gasteiger partial charge in [-0.2, -0.15) is 5.10 Å². The minimum Gasteiger partial charge on any atom is -0.481 e. The van der Waals surface area contributed by atoms with Gasteiger partial charge in [0.15, 0.2) is 5.82 Å². The topological polar surface area (TPSA) is 52.8 Å². The molecule has 7 heteroatoms. The van der Waals surface area contributed by atoms with E-state index >= 15 is 0 Å². The van der Waals surface area contributed by atoms with Gasteiger partial charge >= 0.3 is 0 Å². The Labute approximate surface area is 112 Å². The average Bonchev–Trinajstić information content (AvgIpc) is 2.57. The van der Waals surface area contributed by atoms with Crippen molar-refractivity contribution in [3.63, 3.8) is 0 Å². The molecular weight excluding hydrogens is 307 g/mol. The standard InChI is InChI=1S/C10H10BrClN4O/c1-5-7(10(17-3)16(2)15-5)9-13-4-6(11)8(12)14-9/h4H,1-3H3. The quantitative estimate of drug-likeness (QED) is 0.799. The van der Waals surface area contributed by atoms with E-state index in [9.17, 15) is 0 Å². The van der Waals surface area contributed by atoms with Crippen molar-refractivity contribution >= 4 is 27.5 Å². The predicted octanol–water partition coefficient (Wildman–Crippen LogP) is 2.61. The number of hydrogen-bond acceptors (Lipinski definition) is 4. The fourth-order valence-corrected chi connectivity index (χ4v) is 1.92. The molecule has 0 N–H and O–H groups in total. The van der Waals surface area contributed by atoms with Gasteiger partial charge in [-0.05, 0) is 22.9 Å². The molecule has 0 aliphatic heterocycles. The van der Waals surface area contributed by atoms with Crippen molar-refractivity contribution in [1.29, 1.82) is 0 Å². The van der Waals surface area contributed by atoms with Crippen molar-refractivity contribution in [3.05, 3.63) is 21.5 Å². The van der Waals surface area contributed by atoms with Gasteiger partial charge in [0, 0.05) is 13.2 Å². The first-order chi connectivity index (χ1) is 8.04. The van der Waals surface area contributed by atoms with Crippen LogP contribution in [0.5, 0.6) is 5.88 Å². The highest BCUT2D eigenvalue weighted by atomic mass is 79.9. The van der Waals surface area contributed by atoms with Gasteiger partial charge in [-0.1, -0.05) is 11.6 Å². The molecule has 0 amide bonds. The molecule has 2 aromatic rings. The Balaban J connectivity index is 2.63. The highest BCUT2D eigenvalue weighted by Crippen LogP contribution is 2.31. The lowest BCUT2D eigenvalue weighted by Crippen LogP contribution is -1.97. The molecule has 0 atom stereocenters. The monoisotopic (exact) mass is 316 g/mol. The van der Waals surface area contributed by atoms with Gasteiger partial charge in [0.2, 0.25) is 5.88 Å². The molecule has 0 aliphatic carbocycles. The van der Waals surface area contributed by atoms with E-state index in [1.165, 1.54) is 0 Å². The van der Waals surface area contributed by atoms with Crippen LogP contribution in [0.15, 0.2) is 10.7 Å². The number of ether oxygens (including phenoxy) is 1. The first-order valence-corrected chi connectivity index (χ1v) is 5.97. The van der Waals surface area contributed by atoms with E-state index in [2.05, 4.69) is 31.0 Å². The van der Waals surface area contributed by atoms with E-state index in [1.54, 1.807) is 25.0 Å². The molecule has 2 aromatic heterocycles. The molecule has 2 heterocycles. The van der Waals surface area contributed by atoms with Crippen LogP contribution in [-0.4, -0.2) is 26.9 Å². The molecule has 0 saturated carbocycles. The Bertz CT molecular complexity index is 570. The maximum atomic E-state index is 5.95. The van der Waals surface area contributed by atoms with E-state index in [0.717, 1.165) is 11.3 Å². The summed E-state index contributed by atoms with van der Waals surface area (Å²) in [5.74, 6) is 1.11. The smallest absolute Gasteiger partial charge is 0.222 e. The molecule has 0 saturated heterocycles. The summed E-state index contributed by atoms with van der Waals surface area (Å²) < 4.78 is 7.59. The number of halogens is 2. The molecule has 17 heavy (non-hydrogen) atoms. The Hall–Kier alpha value is -1.14. The molecule has 0 bridgehead atoms. The molecule has 2 rings (SSSR count). The van der Waals surface area contributed by atoms with Gasteiger partial charge in [-0.15, -0.1) is 0 Å². The average molecular weight is 318 g/mol. The second-order valence-corrected chi connectivity index (χ2v) is 4.64. The second kappa shape index (κ2) is 4.62. The fourth-order valence-electron chi connectivity index (χ4n) is 1.60. The summed E-state index contributed by atoms with van der Waals surface area (Å²) in [5, 5.41) is 4.63. The number of nitrogens with zero attached hydrogens (tertiary/aromatic N) is 4. The Morgan fingerprint density at radius 3 is 2.76 bits per heavy atom. The van der Waals surface area contributed by atoms with Crippen molar-refractivity contribution in [2.75, 3.05) is 7.11 Å². The predicted molar refractivity (Wildman–Crippen MR) is 68.2 cm³/mol. The van der Waals surface area contributed by atoms with Gasteiger partial charge in [0.1, 0.15) is 10.7 Å². The lowest BCUT2D eigenvalue weighted by molar-refractivity contribution is 0.374. The van der Waals surface area contributed by atoms with Crippen molar-refractivity contribution in [3.8, 4) is 17.3 Å². The summed E-state index contributed by atoms with van der Waals surface area (Å²) in [4.78, 5) is 8.42. The maximum absolute atomic E-state index is 5.95. The van der Waals surface area contributed by atoms with Crippen LogP contribution in [0.3, 0.4) is 0 Å². The number of hydrogen-bond donors (Lipinski definition) is 0. The Kier molecular flexibility index (Phi) is 3.35. The summed E-state index contributed by atoms with van der Waals surface area (Å²) in [6, 6.07) is 0. The zero-order valence-electron chi connectivity index (χ0n) is 9.53. The van der Waals surface area contributed by atoms with Crippen LogP contribution in [0, 0.1) is 6.92 Å². The molecular formula is C10H10BrClN4O. The van der Waals surface area contributed by atoms with E-state index in [0.29, 0.717) is 21.3 Å². The molecule has 0 aromatic carbocycles. The molecule has 0 aliphatic rings. The van der Waals surface area contributed by atoms with E-state index in [1.807, 2.05) is 6.92 Å². The summed E-state index contributed by atoms with van der Waals surface area (Å²) in [6.07, 6.45) is 1.61. The molecule has 0 fully saturated rings. The van der Waals surface area contributed by atoms with Gasteiger partial charge in [-0.25, -0.2) is 14.6 Å². The largest absolute Gasteiger partial charge is 0.481 e. The Morgan fingerprint density at radius 1 is 1.47 bits per heavy atom. The van der Waals surface area contributed by atoms with E-state index in [-0.39, 0.29) is 0 Å². The molecule has 0 spiro atoms. The zero-order valence-corrected chi connectivity index (χ0v) is 11.9. The molecule has 90 valence electrons. The minimum absolute atomic E-state index is 0.361. The Morgan fingerprint density at radius 2 is 2.18 bits per heavy atom. The third kappa shape index (κ3) is 2.14. The lowest BCUT2D eigenvalue weighted by atomic mass is 10.2. The normalized spacial score (nSPS) is 10.6. The van der Waals surface area contributed by atoms with Crippen LogP contribution in [-0.2, 0) is 7.05 Å². The van der Waals surface area contributed by atoms with Crippen LogP contribution in [0.2, 0.25) is 5.15 Å². The number of aromatic nitrogens is 4. The fraction of sp³-hybridized carbons (Fsp3) is 0.300. The first-order valence-electron chi connectivity index (χ1n) is 4.80. The van der Waals surface area contributed by atoms with Crippen molar-refractivity contribution in [2.45, 2.75) is 6.92 Å². The van der Waals surface area contributed by atoms with Crippen molar-refractivity contribution < 1.29 is 4.74 Å². The van der Waals surface area contributed by atoms with Gasteiger partial charge in [0.05, 0.1) is 17.3 Å². The van der Waals surface area contributed by atoms with Crippen LogP contribution in [0.25, 0.3) is 11.4 Å². The molecule has 5 nitrogen and oxygen atoms in total. The van der Waals surface area contributed by atoms with Crippen molar-refractivity contribution in [1.82, 2.24) is 19.7 Å². The third-order valence-electron chi connectivity index (χ3n) is 2.29. The van der Waals surface area contributed by atoms with Gasteiger partial charge in [-0.3, -0.25) is 0 Å². The highest BCUT2D eigenvalue weighted by Gasteiger charge is 2.19. The zero-order chi connectivity index (χ0) is 12.6.